The van der Waals surface area contributed by atoms with Gasteiger partial charge in [0.2, 0.25) is 5.91 Å². The zero-order chi connectivity index (χ0) is 12.0. The average Bonchev–Trinajstić information content (AvgIpc) is 2.27. The summed E-state index contributed by atoms with van der Waals surface area (Å²) in [5, 5.41) is 12.1. The zero-order valence-corrected chi connectivity index (χ0v) is 10.00. The highest BCUT2D eigenvalue weighted by atomic mass is 35.5. The molecule has 1 amide bonds. The predicted molar refractivity (Wildman–Crippen MR) is 64.3 cm³/mol. The third-order valence-electron chi connectivity index (χ3n) is 2.31. The molecule has 1 rings (SSSR count). The molecule has 88 valence electrons. The summed E-state index contributed by atoms with van der Waals surface area (Å²) in [4.78, 5) is 11.4. The number of carbonyl (C=O) groups is 1. The molecule has 3 nitrogen and oxygen atoms in total. The van der Waals surface area contributed by atoms with Crippen molar-refractivity contribution < 1.29 is 9.90 Å². The maximum absolute atomic E-state index is 11.4. The lowest BCUT2D eigenvalue weighted by atomic mass is 10.1. The molecule has 4 heteroatoms. The molecule has 1 atom stereocenters. The summed E-state index contributed by atoms with van der Waals surface area (Å²) in [5.74, 6) is -0.0449. The Morgan fingerprint density at radius 2 is 2.06 bits per heavy atom. The number of amides is 1. The predicted octanol–water partition coefficient (Wildman–Crippen LogP) is 2.29. The smallest absolute Gasteiger partial charge is 0.220 e. The van der Waals surface area contributed by atoms with Crippen molar-refractivity contribution in [3.63, 3.8) is 0 Å². The summed E-state index contributed by atoms with van der Waals surface area (Å²) in [7, 11) is 0. The van der Waals surface area contributed by atoms with Gasteiger partial charge in [0.1, 0.15) is 0 Å². The largest absolute Gasteiger partial charge is 0.396 e. The third-order valence-corrected chi connectivity index (χ3v) is 2.56. The Morgan fingerprint density at radius 3 is 2.62 bits per heavy atom. The molecule has 0 saturated heterocycles. The molecule has 16 heavy (non-hydrogen) atoms. The average molecular weight is 242 g/mol. The van der Waals surface area contributed by atoms with Gasteiger partial charge in [0.05, 0.1) is 6.04 Å². The van der Waals surface area contributed by atoms with Gasteiger partial charge < -0.3 is 10.4 Å². The van der Waals surface area contributed by atoms with Crippen molar-refractivity contribution in [1.82, 2.24) is 5.32 Å². The van der Waals surface area contributed by atoms with Gasteiger partial charge in [-0.2, -0.15) is 0 Å². The molecule has 0 aliphatic heterocycles. The molecular weight excluding hydrogens is 226 g/mol. The van der Waals surface area contributed by atoms with E-state index in [1.54, 1.807) is 12.1 Å². The normalized spacial score (nSPS) is 12.2. The van der Waals surface area contributed by atoms with Gasteiger partial charge in [-0.15, -0.1) is 0 Å². The SMILES string of the molecule is C[C@H](NC(=O)CCCO)c1ccc(Cl)cc1. The number of nitrogens with one attached hydrogen (secondary N) is 1. The van der Waals surface area contributed by atoms with Gasteiger partial charge in [0.25, 0.3) is 0 Å². The summed E-state index contributed by atoms with van der Waals surface area (Å²) in [6.45, 7) is 1.96. The van der Waals surface area contributed by atoms with E-state index in [1.165, 1.54) is 0 Å². The Balaban J connectivity index is 2.48. The fourth-order valence-corrected chi connectivity index (χ4v) is 1.51. The van der Waals surface area contributed by atoms with Crippen molar-refractivity contribution in [1.29, 1.82) is 0 Å². The summed E-state index contributed by atoms with van der Waals surface area (Å²) in [5.41, 5.74) is 1.02. The van der Waals surface area contributed by atoms with Crippen LogP contribution in [0, 0.1) is 0 Å². The van der Waals surface area contributed by atoms with Gasteiger partial charge in [-0.3, -0.25) is 4.79 Å². The maximum Gasteiger partial charge on any atom is 0.220 e. The van der Waals surface area contributed by atoms with Crippen molar-refractivity contribution in [2.75, 3.05) is 6.61 Å². The molecule has 0 bridgehead atoms. The van der Waals surface area contributed by atoms with Gasteiger partial charge in [0.15, 0.2) is 0 Å². The highest BCUT2D eigenvalue weighted by Gasteiger charge is 2.08. The number of aliphatic hydroxyl groups excluding tert-OH is 1. The monoisotopic (exact) mass is 241 g/mol. The Kier molecular flexibility index (Phi) is 5.29. The van der Waals surface area contributed by atoms with E-state index in [2.05, 4.69) is 5.32 Å². The van der Waals surface area contributed by atoms with E-state index in [0.29, 0.717) is 17.9 Å². The first kappa shape index (κ1) is 13.0. The Hall–Kier alpha value is -1.06. The number of benzene rings is 1. The summed E-state index contributed by atoms with van der Waals surface area (Å²) in [6, 6.07) is 7.34. The van der Waals surface area contributed by atoms with E-state index in [-0.39, 0.29) is 18.6 Å². The quantitative estimate of drug-likeness (QED) is 0.831. The second-order valence-corrected chi connectivity index (χ2v) is 4.10. The lowest BCUT2D eigenvalue weighted by Gasteiger charge is -2.14. The minimum absolute atomic E-state index is 0.0385. The first-order valence-electron chi connectivity index (χ1n) is 5.29. The first-order chi connectivity index (χ1) is 7.63. The van der Waals surface area contributed by atoms with Crippen molar-refractivity contribution in [3.8, 4) is 0 Å². The topological polar surface area (TPSA) is 49.3 Å². The third kappa shape index (κ3) is 4.21. The van der Waals surface area contributed by atoms with Gasteiger partial charge in [-0.05, 0) is 31.0 Å². The zero-order valence-electron chi connectivity index (χ0n) is 9.24. The van der Waals surface area contributed by atoms with E-state index in [4.69, 9.17) is 16.7 Å². The number of hydrogen-bond donors (Lipinski definition) is 2. The van der Waals surface area contributed by atoms with Gasteiger partial charge in [0, 0.05) is 18.1 Å². The van der Waals surface area contributed by atoms with E-state index in [1.807, 2.05) is 19.1 Å². The molecule has 0 radical (unpaired) electrons. The van der Waals surface area contributed by atoms with E-state index >= 15 is 0 Å². The van der Waals surface area contributed by atoms with Crippen LogP contribution < -0.4 is 5.32 Å². The van der Waals surface area contributed by atoms with Crippen molar-refractivity contribution in [2.45, 2.75) is 25.8 Å². The molecule has 0 unspecified atom stereocenters. The van der Waals surface area contributed by atoms with Crippen molar-refractivity contribution in [2.24, 2.45) is 0 Å². The second kappa shape index (κ2) is 6.51. The minimum atomic E-state index is -0.0449. The lowest BCUT2D eigenvalue weighted by molar-refractivity contribution is -0.122. The van der Waals surface area contributed by atoms with Crippen LogP contribution in [0.15, 0.2) is 24.3 Å². The molecule has 1 aromatic carbocycles. The molecule has 2 N–H and O–H groups in total. The van der Waals surface area contributed by atoms with Crippen LogP contribution in [0.3, 0.4) is 0 Å². The second-order valence-electron chi connectivity index (χ2n) is 3.67. The maximum atomic E-state index is 11.4. The number of halogens is 1. The molecular formula is C12H16ClNO2. The van der Waals surface area contributed by atoms with E-state index < -0.39 is 0 Å². The van der Waals surface area contributed by atoms with E-state index in [0.717, 1.165) is 5.56 Å². The van der Waals surface area contributed by atoms with Gasteiger partial charge in [-0.1, -0.05) is 23.7 Å². The molecule has 0 aliphatic carbocycles. The van der Waals surface area contributed by atoms with Crippen LogP contribution in [0.25, 0.3) is 0 Å². The standard InChI is InChI=1S/C12H16ClNO2/c1-9(14-12(16)3-2-8-15)10-4-6-11(13)7-5-10/h4-7,9,15H,2-3,8H2,1H3,(H,14,16)/t9-/m0/s1. The highest BCUT2D eigenvalue weighted by molar-refractivity contribution is 6.30. The Bertz CT molecular complexity index is 337. The van der Waals surface area contributed by atoms with Crippen LogP contribution in [-0.2, 0) is 4.79 Å². The highest BCUT2D eigenvalue weighted by Crippen LogP contribution is 2.16. The molecule has 0 aliphatic rings. The fraction of sp³-hybridized carbons (Fsp3) is 0.417. The Labute approximate surface area is 100 Å². The fourth-order valence-electron chi connectivity index (χ4n) is 1.39. The summed E-state index contributed by atoms with van der Waals surface area (Å²) in [6.07, 6.45) is 0.855. The van der Waals surface area contributed by atoms with Crippen LogP contribution in [0.2, 0.25) is 5.02 Å². The minimum Gasteiger partial charge on any atom is -0.396 e. The van der Waals surface area contributed by atoms with Gasteiger partial charge in [-0.25, -0.2) is 0 Å². The molecule has 0 heterocycles. The summed E-state index contributed by atoms with van der Waals surface area (Å²) < 4.78 is 0. The van der Waals surface area contributed by atoms with E-state index in [9.17, 15) is 4.79 Å². The van der Waals surface area contributed by atoms with Crippen LogP contribution in [0.5, 0.6) is 0 Å². The van der Waals surface area contributed by atoms with Crippen LogP contribution in [-0.4, -0.2) is 17.6 Å². The molecule has 1 aromatic rings. The van der Waals surface area contributed by atoms with Crippen LogP contribution in [0.1, 0.15) is 31.4 Å². The van der Waals surface area contributed by atoms with Crippen molar-refractivity contribution >= 4 is 17.5 Å². The van der Waals surface area contributed by atoms with Crippen LogP contribution in [0.4, 0.5) is 0 Å². The van der Waals surface area contributed by atoms with Crippen molar-refractivity contribution in [3.05, 3.63) is 34.9 Å². The summed E-state index contributed by atoms with van der Waals surface area (Å²) >= 11 is 5.78. The number of aliphatic hydroxyl groups is 1. The van der Waals surface area contributed by atoms with Gasteiger partial charge >= 0.3 is 0 Å². The molecule has 0 saturated carbocycles. The first-order valence-corrected chi connectivity index (χ1v) is 5.67. The molecule has 0 spiro atoms. The lowest BCUT2D eigenvalue weighted by Crippen LogP contribution is -2.26. The molecule has 0 aromatic heterocycles. The number of hydrogen-bond acceptors (Lipinski definition) is 2. The molecule has 0 fully saturated rings. The number of rotatable bonds is 5. The Morgan fingerprint density at radius 1 is 1.44 bits per heavy atom. The number of carbonyl (C=O) groups excluding carboxylic acids is 1. The van der Waals surface area contributed by atoms with Crippen LogP contribution >= 0.6 is 11.6 Å².